The van der Waals surface area contributed by atoms with Crippen molar-refractivity contribution in [1.29, 1.82) is 0 Å². The van der Waals surface area contributed by atoms with E-state index in [0.29, 0.717) is 19.4 Å². The summed E-state index contributed by atoms with van der Waals surface area (Å²) in [6, 6.07) is -3.51. The van der Waals surface area contributed by atoms with Crippen LogP contribution in [0, 0.1) is 0 Å². The first-order chi connectivity index (χ1) is 10.7. The minimum Gasteiger partial charge on any atom is -0.481 e. The molecule has 23 heavy (non-hydrogen) atoms. The largest absolute Gasteiger partial charge is 0.481 e. The van der Waals surface area contributed by atoms with Crippen molar-refractivity contribution in [1.82, 2.24) is 10.6 Å². The summed E-state index contributed by atoms with van der Waals surface area (Å²) < 4.78 is 0. The van der Waals surface area contributed by atoms with Gasteiger partial charge in [0.25, 0.3) is 0 Å². The fraction of sp³-hybridized carbons (Fsp3) is 0.692. The fourth-order valence-electron chi connectivity index (χ4n) is 1.71. The molecule has 10 heteroatoms. The average Bonchev–Trinajstić information content (AvgIpc) is 2.44. The van der Waals surface area contributed by atoms with Crippen molar-refractivity contribution in [2.24, 2.45) is 11.5 Å². The van der Waals surface area contributed by atoms with E-state index in [1.807, 2.05) is 0 Å². The van der Waals surface area contributed by atoms with E-state index in [1.54, 1.807) is 0 Å². The van der Waals surface area contributed by atoms with E-state index in [2.05, 4.69) is 10.6 Å². The van der Waals surface area contributed by atoms with Gasteiger partial charge in [-0.3, -0.25) is 14.4 Å². The lowest BCUT2D eigenvalue weighted by Gasteiger charge is -2.21. The third-order valence-electron chi connectivity index (χ3n) is 2.99. The van der Waals surface area contributed by atoms with E-state index >= 15 is 0 Å². The Hall–Kier alpha value is -2.20. The predicted molar refractivity (Wildman–Crippen MR) is 80.3 cm³/mol. The Morgan fingerprint density at radius 1 is 1.00 bits per heavy atom. The molecule has 0 saturated carbocycles. The van der Waals surface area contributed by atoms with Gasteiger partial charge >= 0.3 is 11.9 Å². The molecule has 0 saturated heterocycles. The summed E-state index contributed by atoms with van der Waals surface area (Å²) in [6.45, 7) is 1.77. The molecule has 0 aliphatic heterocycles. The first-order valence-corrected chi connectivity index (χ1v) is 7.20. The van der Waals surface area contributed by atoms with Gasteiger partial charge < -0.3 is 32.3 Å². The van der Waals surface area contributed by atoms with Crippen molar-refractivity contribution >= 4 is 23.8 Å². The molecule has 0 aliphatic rings. The first kappa shape index (κ1) is 20.8. The van der Waals surface area contributed by atoms with Crippen LogP contribution in [0.25, 0.3) is 0 Å². The predicted octanol–water partition coefficient (Wildman–Crippen LogP) is -2.01. The average molecular weight is 332 g/mol. The quantitative estimate of drug-likeness (QED) is 0.234. The molecule has 0 aliphatic carbocycles. The summed E-state index contributed by atoms with van der Waals surface area (Å²) in [5.41, 5.74) is 10.7. The van der Waals surface area contributed by atoms with E-state index in [9.17, 15) is 19.2 Å². The maximum atomic E-state index is 12.1. The van der Waals surface area contributed by atoms with Gasteiger partial charge in [0, 0.05) is 0 Å². The normalized spacial score (nSPS) is 14.4. The number of rotatable bonds is 11. The van der Waals surface area contributed by atoms with Crippen LogP contribution < -0.4 is 22.1 Å². The lowest BCUT2D eigenvalue weighted by Crippen LogP contribution is -2.54. The van der Waals surface area contributed by atoms with E-state index in [1.165, 1.54) is 6.92 Å². The first-order valence-electron chi connectivity index (χ1n) is 7.20. The summed E-state index contributed by atoms with van der Waals surface area (Å²) in [5, 5.41) is 22.3. The summed E-state index contributed by atoms with van der Waals surface area (Å²) in [6.07, 6.45) is 0.557. The molecule has 0 aromatic carbocycles. The van der Waals surface area contributed by atoms with Gasteiger partial charge in [0.2, 0.25) is 11.8 Å². The van der Waals surface area contributed by atoms with Crippen LogP contribution in [-0.2, 0) is 19.2 Å². The Kier molecular flexibility index (Phi) is 9.51. The number of hydrogen-bond donors (Lipinski definition) is 6. The molecule has 0 rings (SSSR count). The van der Waals surface area contributed by atoms with Crippen LogP contribution in [0.2, 0.25) is 0 Å². The number of unbranched alkanes of at least 4 members (excludes halogenated alkanes) is 1. The van der Waals surface area contributed by atoms with Crippen LogP contribution in [0.15, 0.2) is 0 Å². The van der Waals surface area contributed by atoms with Crippen molar-refractivity contribution < 1.29 is 29.4 Å². The molecule has 0 unspecified atom stereocenters. The number of carboxylic acids is 2. The maximum Gasteiger partial charge on any atom is 0.326 e. The summed E-state index contributed by atoms with van der Waals surface area (Å²) in [7, 11) is 0. The number of carbonyl (C=O) groups excluding carboxylic acids is 2. The van der Waals surface area contributed by atoms with E-state index in [4.69, 9.17) is 21.7 Å². The third-order valence-corrected chi connectivity index (χ3v) is 2.99. The van der Waals surface area contributed by atoms with E-state index < -0.39 is 48.3 Å². The minimum atomic E-state index is -1.40. The molecule has 0 spiro atoms. The number of hydrogen-bond acceptors (Lipinski definition) is 6. The number of nitrogens with one attached hydrogen (secondary N) is 2. The highest BCUT2D eigenvalue weighted by Crippen LogP contribution is 2.03. The zero-order chi connectivity index (χ0) is 18.0. The molecule has 3 atom stereocenters. The van der Waals surface area contributed by atoms with Gasteiger partial charge in [0.05, 0.1) is 12.5 Å². The van der Waals surface area contributed by atoms with Crippen molar-refractivity contribution in [2.75, 3.05) is 6.54 Å². The zero-order valence-electron chi connectivity index (χ0n) is 12.9. The van der Waals surface area contributed by atoms with E-state index in [0.717, 1.165) is 0 Å². The Bertz CT molecular complexity index is 440. The van der Waals surface area contributed by atoms with E-state index in [-0.39, 0.29) is 6.42 Å². The Balaban J connectivity index is 4.86. The molecule has 2 amide bonds. The summed E-state index contributed by atoms with van der Waals surface area (Å²) in [5.74, 6) is -4.16. The third kappa shape index (κ3) is 8.73. The van der Waals surface area contributed by atoms with Gasteiger partial charge in [-0.05, 0) is 32.7 Å². The van der Waals surface area contributed by atoms with Crippen LogP contribution in [-0.4, -0.2) is 58.6 Å². The lowest BCUT2D eigenvalue weighted by molar-refractivity contribution is -0.143. The number of carbonyl (C=O) groups is 4. The van der Waals surface area contributed by atoms with Crippen LogP contribution in [0.4, 0.5) is 0 Å². The molecule has 0 aromatic rings. The summed E-state index contributed by atoms with van der Waals surface area (Å²) >= 11 is 0. The molecular weight excluding hydrogens is 308 g/mol. The van der Waals surface area contributed by atoms with Crippen LogP contribution in [0.1, 0.15) is 32.6 Å². The summed E-state index contributed by atoms with van der Waals surface area (Å²) in [4.78, 5) is 45.5. The number of carboxylic acid groups (broad SMARTS) is 2. The van der Waals surface area contributed by atoms with Crippen molar-refractivity contribution in [3.63, 3.8) is 0 Å². The van der Waals surface area contributed by atoms with Crippen molar-refractivity contribution in [3.8, 4) is 0 Å². The van der Waals surface area contributed by atoms with Crippen LogP contribution in [0.5, 0.6) is 0 Å². The minimum absolute atomic E-state index is 0.152. The molecule has 0 fully saturated rings. The SMILES string of the molecule is C[C@H](N)C(=O)N[C@@H](CC(=O)O)C(=O)N[C@@H](CCCCN)C(=O)O. The molecule has 0 heterocycles. The van der Waals surface area contributed by atoms with Crippen molar-refractivity contribution in [3.05, 3.63) is 0 Å². The fourth-order valence-corrected chi connectivity index (χ4v) is 1.71. The second-order valence-electron chi connectivity index (χ2n) is 5.13. The number of nitrogens with two attached hydrogens (primary N) is 2. The molecule has 8 N–H and O–H groups in total. The van der Waals surface area contributed by atoms with Crippen molar-refractivity contribution in [2.45, 2.75) is 50.7 Å². The number of amides is 2. The standard InChI is InChI=1S/C13H24N4O6/c1-7(15)11(20)17-9(6-10(18)19)12(21)16-8(13(22)23)4-2-3-5-14/h7-9H,2-6,14-15H2,1H3,(H,16,21)(H,17,20)(H,18,19)(H,22,23)/t7-,8-,9-/m0/s1. The van der Waals surface area contributed by atoms with Gasteiger partial charge in [-0.25, -0.2) is 4.79 Å². The number of aliphatic carboxylic acids is 2. The Labute approximate surface area is 133 Å². The van der Waals surface area contributed by atoms with Crippen LogP contribution >= 0.6 is 0 Å². The second-order valence-corrected chi connectivity index (χ2v) is 5.13. The molecular formula is C13H24N4O6. The van der Waals surface area contributed by atoms with Gasteiger partial charge in [0.15, 0.2) is 0 Å². The lowest BCUT2D eigenvalue weighted by atomic mass is 10.1. The van der Waals surface area contributed by atoms with Gasteiger partial charge in [0.1, 0.15) is 12.1 Å². The highest BCUT2D eigenvalue weighted by Gasteiger charge is 2.28. The molecule has 0 aromatic heterocycles. The highest BCUT2D eigenvalue weighted by molar-refractivity contribution is 5.93. The van der Waals surface area contributed by atoms with Gasteiger partial charge in [-0.15, -0.1) is 0 Å². The van der Waals surface area contributed by atoms with Gasteiger partial charge in [-0.1, -0.05) is 0 Å². The Morgan fingerprint density at radius 2 is 1.57 bits per heavy atom. The molecule has 10 nitrogen and oxygen atoms in total. The second kappa shape index (κ2) is 10.5. The molecule has 0 bridgehead atoms. The monoisotopic (exact) mass is 332 g/mol. The van der Waals surface area contributed by atoms with Gasteiger partial charge in [-0.2, -0.15) is 0 Å². The highest BCUT2D eigenvalue weighted by atomic mass is 16.4. The van der Waals surface area contributed by atoms with Crippen LogP contribution in [0.3, 0.4) is 0 Å². The maximum absolute atomic E-state index is 12.1. The Morgan fingerprint density at radius 3 is 2.00 bits per heavy atom. The molecule has 132 valence electrons. The molecule has 0 radical (unpaired) electrons. The zero-order valence-corrected chi connectivity index (χ0v) is 12.9. The smallest absolute Gasteiger partial charge is 0.326 e. The topological polar surface area (TPSA) is 185 Å².